The molecule has 0 aliphatic carbocycles. The van der Waals surface area contributed by atoms with Gasteiger partial charge in [-0.3, -0.25) is 4.79 Å². The van der Waals surface area contributed by atoms with E-state index in [2.05, 4.69) is 34.6 Å². The molecule has 0 saturated carbocycles. The molecule has 2 aromatic rings. The topological polar surface area (TPSA) is 72.9 Å². The molecule has 124 valence electrons. The van der Waals surface area contributed by atoms with Crippen molar-refractivity contribution in [3.8, 4) is 0 Å². The fraction of sp³-hybridized carbons (Fsp3) is 0.444. The standard InChI is InChI=1S/C18H26N4O/c19-10-4-2-1-3-5-18(23)21-13-16-6-8-17(9-7-16)14-22-12-11-20-15-22/h6-9,11-12,15H,1-5,10,13-14,19H2,(H,21,23). The number of amides is 1. The maximum Gasteiger partial charge on any atom is 0.220 e. The third-order valence-corrected chi connectivity index (χ3v) is 3.79. The smallest absolute Gasteiger partial charge is 0.220 e. The van der Waals surface area contributed by atoms with Crippen molar-refractivity contribution in [3.63, 3.8) is 0 Å². The summed E-state index contributed by atoms with van der Waals surface area (Å²) in [6.45, 7) is 2.14. The zero-order valence-corrected chi connectivity index (χ0v) is 13.6. The van der Waals surface area contributed by atoms with Gasteiger partial charge in [0.05, 0.1) is 6.33 Å². The van der Waals surface area contributed by atoms with Crippen molar-refractivity contribution in [3.05, 3.63) is 54.1 Å². The number of nitrogens with zero attached hydrogens (tertiary/aromatic N) is 2. The second-order valence-corrected chi connectivity index (χ2v) is 5.78. The Morgan fingerprint density at radius 1 is 1.09 bits per heavy atom. The van der Waals surface area contributed by atoms with Gasteiger partial charge in [0, 0.05) is 31.9 Å². The maximum atomic E-state index is 11.8. The zero-order chi connectivity index (χ0) is 16.3. The number of carbonyl (C=O) groups excluding carboxylic acids is 1. The van der Waals surface area contributed by atoms with Crippen LogP contribution in [-0.4, -0.2) is 22.0 Å². The van der Waals surface area contributed by atoms with Gasteiger partial charge >= 0.3 is 0 Å². The van der Waals surface area contributed by atoms with Crippen LogP contribution in [0.3, 0.4) is 0 Å². The highest BCUT2D eigenvalue weighted by atomic mass is 16.1. The van der Waals surface area contributed by atoms with Gasteiger partial charge in [-0.25, -0.2) is 4.98 Å². The summed E-state index contributed by atoms with van der Waals surface area (Å²) in [4.78, 5) is 15.8. The largest absolute Gasteiger partial charge is 0.352 e. The monoisotopic (exact) mass is 314 g/mol. The van der Waals surface area contributed by atoms with Crippen molar-refractivity contribution in [2.75, 3.05) is 6.54 Å². The average Bonchev–Trinajstić information content (AvgIpc) is 3.07. The Labute approximate surface area is 137 Å². The first kappa shape index (κ1) is 17.2. The van der Waals surface area contributed by atoms with Crippen LogP contribution in [0.5, 0.6) is 0 Å². The van der Waals surface area contributed by atoms with E-state index in [0.717, 1.165) is 44.3 Å². The number of hydrogen-bond donors (Lipinski definition) is 2. The fourth-order valence-corrected chi connectivity index (χ4v) is 2.43. The van der Waals surface area contributed by atoms with Crippen molar-refractivity contribution >= 4 is 5.91 Å². The van der Waals surface area contributed by atoms with Gasteiger partial charge in [0.2, 0.25) is 5.91 Å². The highest BCUT2D eigenvalue weighted by Gasteiger charge is 2.02. The lowest BCUT2D eigenvalue weighted by molar-refractivity contribution is -0.121. The molecule has 1 aromatic heterocycles. The van der Waals surface area contributed by atoms with Crippen molar-refractivity contribution in [2.24, 2.45) is 5.73 Å². The predicted octanol–water partition coefficient (Wildman–Crippen LogP) is 2.46. The molecule has 1 amide bonds. The molecule has 0 aliphatic heterocycles. The number of benzene rings is 1. The summed E-state index contributed by atoms with van der Waals surface area (Å²) in [7, 11) is 0. The van der Waals surface area contributed by atoms with E-state index in [-0.39, 0.29) is 5.91 Å². The van der Waals surface area contributed by atoms with Crippen molar-refractivity contribution in [2.45, 2.75) is 45.2 Å². The number of carbonyl (C=O) groups is 1. The van der Waals surface area contributed by atoms with E-state index in [0.29, 0.717) is 13.0 Å². The van der Waals surface area contributed by atoms with Gasteiger partial charge in [0.1, 0.15) is 0 Å². The SMILES string of the molecule is NCCCCCCC(=O)NCc1ccc(Cn2ccnc2)cc1. The summed E-state index contributed by atoms with van der Waals surface area (Å²) >= 11 is 0. The van der Waals surface area contributed by atoms with E-state index in [4.69, 9.17) is 5.73 Å². The molecular weight excluding hydrogens is 288 g/mol. The molecule has 2 rings (SSSR count). The summed E-state index contributed by atoms with van der Waals surface area (Å²) in [5, 5.41) is 2.98. The molecule has 0 unspecified atom stereocenters. The molecule has 1 heterocycles. The summed E-state index contributed by atoms with van der Waals surface area (Å²) < 4.78 is 2.03. The number of aromatic nitrogens is 2. The van der Waals surface area contributed by atoms with Gasteiger partial charge in [-0.15, -0.1) is 0 Å². The van der Waals surface area contributed by atoms with Gasteiger partial charge in [-0.05, 0) is 30.5 Å². The van der Waals surface area contributed by atoms with Crippen LogP contribution in [-0.2, 0) is 17.9 Å². The van der Waals surface area contributed by atoms with Gasteiger partial charge in [-0.2, -0.15) is 0 Å². The number of nitrogens with one attached hydrogen (secondary N) is 1. The molecule has 1 aromatic carbocycles. The summed E-state index contributed by atoms with van der Waals surface area (Å²) in [5.41, 5.74) is 7.79. The molecule has 0 fully saturated rings. The Morgan fingerprint density at radius 3 is 2.52 bits per heavy atom. The van der Waals surface area contributed by atoms with Crippen molar-refractivity contribution in [1.82, 2.24) is 14.9 Å². The molecule has 0 bridgehead atoms. The van der Waals surface area contributed by atoms with E-state index < -0.39 is 0 Å². The number of rotatable bonds is 10. The minimum atomic E-state index is 0.125. The van der Waals surface area contributed by atoms with Gasteiger partial charge in [0.15, 0.2) is 0 Å². The van der Waals surface area contributed by atoms with E-state index >= 15 is 0 Å². The van der Waals surface area contributed by atoms with Gasteiger partial charge in [-0.1, -0.05) is 37.1 Å². The molecule has 3 N–H and O–H groups in total. The third-order valence-electron chi connectivity index (χ3n) is 3.79. The first-order valence-corrected chi connectivity index (χ1v) is 8.28. The van der Waals surface area contributed by atoms with Gasteiger partial charge in [0.25, 0.3) is 0 Å². The van der Waals surface area contributed by atoms with Crippen LogP contribution in [0.25, 0.3) is 0 Å². The normalized spacial score (nSPS) is 10.7. The Bertz CT molecular complexity index is 563. The first-order valence-electron chi connectivity index (χ1n) is 8.28. The lowest BCUT2D eigenvalue weighted by Crippen LogP contribution is -2.22. The summed E-state index contributed by atoms with van der Waals surface area (Å²) in [5.74, 6) is 0.125. The Balaban J connectivity index is 1.66. The highest BCUT2D eigenvalue weighted by Crippen LogP contribution is 2.07. The Hall–Kier alpha value is -2.14. The number of hydrogen-bond acceptors (Lipinski definition) is 3. The lowest BCUT2D eigenvalue weighted by atomic mass is 10.1. The molecule has 0 spiro atoms. The number of imidazole rings is 1. The van der Waals surface area contributed by atoms with Crippen LogP contribution in [0.4, 0.5) is 0 Å². The van der Waals surface area contributed by atoms with E-state index in [1.165, 1.54) is 5.56 Å². The molecular formula is C18H26N4O. The van der Waals surface area contributed by atoms with Gasteiger partial charge < -0.3 is 15.6 Å². The number of unbranched alkanes of at least 4 members (excludes halogenated alkanes) is 3. The third kappa shape index (κ3) is 6.65. The molecule has 0 atom stereocenters. The molecule has 5 heteroatoms. The quantitative estimate of drug-likeness (QED) is 0.662. The summed E-state index contributed by atoms with van der Waals surface area (Å²) in [6, 6.07) is 8.31. The van der Waals surface area contributed by atoms with Crippen LogP contribution in [0, 0.1) is 0 Å². The van der Waals surface area contributed by atoms with Crippen molar-refractivity contribution in [1.29, 1.82) is 0 Å². The fourth-order valence-electron chi connectivity index (χ4n) is 2.43. The molecule has 0 saturated heterocycles. The van der Waals surface area contributed by atoms with Crippen LogP contribution >= 0.6 is 0 Å². The second kappa shape index (κ2) is 9.79. The second-order valence-electron chi connectivity index (χ2n) is 5.78. The minimum absolute atomic E-state index is 0.125. The minimum Gasteiger partial charge on any atom is -0.352 e. The van der Waals surface area contributed by atoms with E-state index in [9.17, 15) is 4.79 Å². The van der Waals surface area contributed by atoms with Crippen LogP contribution in [0.1, 0.15) is 43.2 Å². The van der Waals surface area contributed by atoms with Crippen LogP contribution < -0.4 is 11.1 Å². The molecule has 0 radical (unpaired) electrons. The van der Waals surface area contributed by atoms with Crippen LogP contribution in [0.2, 0.25) is 0 Å². The molecule has 0 aliphatic rings. The van der Waals surface area contributed by atoms with Crippen LogP contribution in [0.15, 0.2) is 43.0 Å². The highest BCUT2D eigenvalue weighted by molar-refractivity contribution is 5.75. The van der Waals surface area contributed by atoms with Crippen molar-refractivity contribution < 1.29 is 4.79 Å². The first-order chi connectivity index (χ1) is 11.3. The lowest BCUT2D eigenvalue weighted by Gasteiger charge is -2.07. The zero-order valence-electron chi connectivity index (χ0n) is 13.6. The number of nitrogens with two attached hydrogens (primary N) is 1. The predicted molar refractivity (Wildman–Crippen MR) is 91.8 cm³/mol. The van der Waals surface area contributed by atoms with E-state index in [1.54, 1.807) is 6.20 Å². The molecule has 23 heavy (non-hydrogen) atoms. The maximum absolute atomic E-state index is 11.8. The summed E-state index contributed by atoms with van der Waals surface area (Å²) in [6.07, 6.45) is 10.3. The Morgan fingerprint density at radius 2 is 1.83 bits per heavy atom. The average molecular weight is 314 g/mol. The van der Waals surface area contributed by atoms with E-state index in [1.807, 2.05) is 17.1 Å². The molecule has 5 nitrogen and oxygen atoms in total. The Kier molecular flexibility index (Phi) is 7.33.